The van der Waals surface area contributed by atoms with Crippen molar-refractivity contribution in [1.29, 1.82) is 0 Å². The zero-order valence-corrected chi connectivity index (χ0v) is 13.6. The second kappa shape index (κ2) is 7.71. The van der Waals surface area contributed by atoms with Crippen LogP contribution in [0.25, 0.3) is 0 Å². The smallest absolute Gasteiger partial charge is 0.0771 e. The van der Waals surface area contributed by atoms with Crippen LogP contribution in [0.3, 0.4) is 0 Å². The van der Waals surface area contributed by atoms with Gasteiger partial charge in [0.15, 0.2) is 0 Å². The second-order valence-electron chi connectivity index (χ2n) is 6.62. The third kappa shape index (κ3) is 4.40. The topological polar surface area (TPSA) is 45.1 Å². The number of rotatable bonds is 5. The Kier molecular flexibility index (Phi) is 5.42. The van der Waals surface area contributed by atoms with Gasteiger partial charge < -0.3 is 10.4 Å². The molecular formula is C20H26N2O. The Morgan fingerprint density at radius 3 is 2.30 bits per heavy atom. The molecule has 2 N–H and O–H groups in total. The maximum atomic E-state index is 10.9. The molecule has 0 spiro atoms. The van der Waals surface area contributed by atoms with Gasteiger partial charge in [-0.1, -0.05) is 62.1 Å². The van der Waals surface area contributed by atoms with Crippen LogP contribution in [0.4, 0.5) is 0 Å². The van der Waals surface area contributed by atoms with E-state index < -0.39 is 5.60 Å². The third-order valence-electron chi connectivity index (χ3n) is 4.79. The van der Waals surface area contributed by atoms with Crippen LogP contribution in [0.1, 0.15) is 55.8 Å². The molecule has 0 amide bonds. The lowest BCUT2D eigenvalue weighted by atomic mass is 9.93. The van der Waals surface area contributed by atoms with E-state index in [2.05, 4.69) is 22.4 Å². The largest absolute Gasteiger partial charge is 0.389 e. The normalized spacial score (nSPS) is 19.0. The van der Waals surface area contributed by atoms with Crippen LogP contribution in [0, 0.1) is 0 Å². The number of aromatic nitrogens is 1. The summed E-state index contributed by atoms with van der Waals surface area (Å²) >= 11 is 0. The van der Waals surface area contributed by atoms with Gasteiger partial charge in [-0.15, -0.1) is 0 Å². The molecule has 1 saturated carbocycles. The number of nitrogens with zero attached hydrogens (tertiary/aromatic N) is 1. The lowest BCUT2D eigenvalue weighted by Crippen LogP contribution is -2.42. The van der Waals surface area contributed by atoms with Crippen LogP contribution in [0.5, 0.6) is 0 Å². The highest BCUT2D eigenvalue weighted by atomic mass is 16.3. The summed E-state index contributed by atoms with van der Waals surface area (Å²) in [6.45, 7) is 0.614. The average Bonchev–Trinajstić information content (AvgIpc) is 2.82. The van der Waals surface area contributed by atoms with Crippen molar-refractivity contribution in [1.82, 2.24) is 10.3 Å². The van der Waals surface area contributed by atoms with Crippen molar-refractivity contribution < 1.29 is 5.11 Å². The minimum atomic E-state index is -0.585. The van der Waals surface area contributed by atoms with Crippen LogP contribution in [-0.2, 0) is 0 Å². The first-order valence-electron chi connectivity index (χ1n) is 8.69. The molecule has 1 aliphatic rings. The maximum Gasteiger partial charge on any atom is 0.0771 e. The van der Waals surface area contributed by atoms with E-state index >= 15 is 0 Å². The fraction of sp³-hybridized carbons (Fsp3) is 0.450. The first-order valence-corrected chi connectivity index (χ1v) is 8.69. The highest BCUT2D eigenvalue weighted by Crippen LogP contribution is 2.28. The Hall–Kier alpha value is -1.71. The van der Waals surface area contributed by atoms with Crippen molar-refractivity contribution in [2.24, 2.45) is 0 Å². The number of hydrogen-bond donors (Lipinski definition) is 2. The van der Waals surface area contributed by atoms with Gasteiger partial charge in [0, 0.05) is 12.7 Å². The molecule has 122 valence electrons. The van der Waals surface area contributed by atoms with Gasteiger partial charge in [-0.25, -0.2) is 0 Å². The van der Waals surface area contributed by atoms with Crippen LogP contribution in [0.2, 0.25) is 0 Å². The summed E-state index contributed by atoms with van der Waals surface area (Å²) in [7, 11) is 0. The molecule has 0 aliphatic heterocycles. The van der Waals surface area contributed by atoms with Gasteiger partial charge in [-0.2, -0.15) is 0 Å². The zero-order valence-electron chi connectivity index (χ0n) is 13.6. The standard InChI is InChI=1S/C20H26N2O/c23-20(13-7-1-2-8-14-20)16-22-19(17-10-4-3-5-11-17)18-12-6-9-15-21-18/h3-6,9-12,15,19,22-23H,1-2,7-8,13-14,16H2. The van der Waals surface area contributed by atoms with Crippen molar-refractivity contribution in [3.8, 4) is 0 Å². The summed E-state index contributed by atoms with van der Waals surface area (Å²) in [6.07, 6.45) is 8.34. The lowest BCUT2D eigenvalue weighted by Gasteiger charge is -2.30. The number of hydrogen-bond acceptors (Lipinski definition) is 3. The van der Waals surface area contributed by atoms with Gasteiger partial charge in [0.2, 0.25) is 0 Å². The molecule has 1 unspecified atom stereocenters. The Balaban J connectivity index is 1.76. The molecule has 1 aromatic carbocycles. The van der Waals surface area contributed by atoms with Crippen LogP contribution in [0.15, 0.2) is 54.7 Å². The maximum absolute atomic E-state index is 10.9. The third-order valence-corrected chi connectivity index (χ3v) is 4.79. The number of benzene rings is 1. The quantitative estimate of drug-likeness (QED) is 0.825. The van der Waals surface area contributed by atoms with E-state index in [1.807, 2.05) is 42.6 Å². The molecule has 23 heavy (non-hydrogen) atoms. The number of pyridine rings is 1. The summed E-state index contributed by atoms with van der Waals surface area (Å²) < 4.78 is 0. The first kappa shape index (κ1) is 16.2. The Morgan fingerprint density at radius 1 is 0.957 bits per heavy atom. The summed E-state index contributed by atoms with van der Waals surface area (Å²) in [5.41, 5.74) is 1.59. The monoisotopic (exact) mass is 310 g/mol. The SMILES string of the molecule is OC1(CNC(c2ccccc2)c2ccccn2)CCCCCC1. The lowest BCUT2D eigenvalue weighted by molar-refractivity contribution is 0.0236. The predicted molar refractivity (Wildman–Crippen MR) is 93.2 cm³/mol. The van der Waals surface area contributed by atoms with E-state index in [1.54, 1.807) is 0 Å². The van der Waals surface area contributed by atoms with Crippen molar-refractivity contribution >= 4 is 0 Å². The van der Waals surface area contributed by atoms with E-state index in [0.717, 1.165) is 31.4 Å². The van der Waals surface area contributed by atoms with Crippen LogP contribution in [-0.4, -0.2) is 22.2 Å². The van der Waals surface area contributed by atoms with E-state index in [4.69, 9.17) is 0 Å². The molecule has 0 saturated heterocycles. The van der Waals surface area contributed by atoms with Gasteiger partial charge in [0.05, 0.1) is 17.3 Å². The fourth-order valence-electron chi connectivity index (χ4n) is 3.44. The van der Waals surface area contributed by atoms with Gasteiger partial charge in [0.1, 0.15) is 0 Å². The molecular weight excluding hydrogens is 284 g/mol. The minimum absolute atomic E-state index is 0.0182. The molecule has 3 nitrogen and oxygen atoms in total. The highest BCUT2D eigenvalue weighted by Gasteiger charge is 2.29. The zero-order chi connectivity index (χ0) is 16.0. The highest BCUT2D eigenvalue weighted by molar-refractivity contribution is 5.27. The van der Waals surface area contributed by atoms with E-state index in [-0.39, 0.29) is 6.04 Å². The second-order valence-corrected chi connectivity index (χ2v) is 6.62. The van der Waals surface area contributed by atoms with Crippen molar-refractivity contribution in [2.75, 3.05) is 6.54 Å². The first-order chi connectivity index (χ1) is 11.3. The summed E-state index contributed by atoms with van der Waals surface area (Å²) in [5.74, 6) is 0. The molecule has 1 atom stereocenters. The molecule has 1 aromatic heterocycles. The molecule has 1 fully saturated rings. The van der Waals surface area contributed by atoms with Crippen LogP contribution < -0.4 is 5.32 Å². The van der Waals surface area contributed by atoms with Crippen molar-refractivity contribution in [3.63, 3.8) is 0 Å². The molecule has 3 heteroatoms. The molecule has 1 aliphatic carbocycles. The summed E-state index contributed by atoms with van der Waals surface area (Å²) in [5, 5.41) is 14.5. The minimum Gasteiger partial charge on any atom is -0.389 e. The summed E-state index contributed by atoms with van der Waals surface area (Å²) in [4.78, 5) is 4.52. The molecule has 0 bridgehead atoms. The fourth-order valence-corrected chi connectivity index (χ4v) is 3.44. The number of aliphatic hydroxyl groups is 1. The molecule has 1 heterocycles. The molecule has 0 radical (unpaired) electrons. The van der Waals surface area contributed by atoms with Crippen molar-refractivity contribution in [3.05, 3.63) is 66.0 Å². The Morgan fingerprint density at radius 2 is 1.65 bits per heavy atom. The van der Waals surface area contributed by atoms with E-state index in [9.17, 15) is 5.11 Å². The Bertz CT molecular complexity index is 538. The van der Waals surface area contributed by atoms with E-state index in [0.29, 0.717) is 6.54 Å². The van der Waals surface area contributed by atoms with Gasteiger partial charge >= 0.3 is 0 Å². The molecule has 2 aromatic rings. The predicted octanol–water partition coefficient (Wildman–Crippen LogP) is 3.85. The van der Waals surface area contributed by atoms with E-state index in [1.165, 1.54) is 18.4 Å². The van der Waals surface area contributed by atoms with Crippen LogP contribution >= 0.6 is 0 Å². The van der Waals surface area contributed by atoms with Crippen molar-refractivity contribution in [2.45, 2.75) is 50.2 Å². The number of nitrogens with one attached hydrogen (secondary N) is 1. The average molecular weight is 310 g/mol. The Labute approximate surface area is 138 Å². The van der Waals surface area contributed by atoms with Gasteiger partial charge in [-0.3, -0.25) is 4.98 Å². The summed E-state index contributed by atoms with van der Waals surface area (Å²) in [6, 6.07) is 16.4. The van der Waals surface area contributed by atoms with Gasteiger partial charge in [0.25, 0.3) is 0 Å². The molecule has 3 rings (SSSR count). The van der Waals surface area contributed by atoms with Gasteiger partial charge in [-0.05, 0) is 30.5 Å².